The topological polar surface area (TPSA) is 105 Å². The third kappa shape index (κ3) is 4.03. The molecule has 2 aromatic carbocycles. The van der Waals surface area contributed by atoms with Crippen LogP contribution < -0.4 is 15.0 Å². The molecule has 10 heteroatoms. The van der Waals surface area contributed by atoms with Gasteiger partial charge in [0.1, 0.15) is 28.6 Å². The number of carbonyl (C=O) groups is 1. The number of aromatic nitrogens is 4. The lowest BCUT2D eigenvalue weighted by molar-refractivity contribution is 0.102. The number of aliphatic hydroxyl groups excluding tert-OH is 1. The van der Waals surface area contributed by atoms with Gasteiger partial charge in [-0.15, -0.1) is 0 Å². The van der Waals surface area contributed by atoms with E-state index in [4.69, 9.17) is 9.72 Å². The number of hydrogen-bond acceptors (Lipinski definition) is 7. The van der Waals surface area contributed by atoms with Crippen LogP contribution in [0.1, 0.15) is 29.2 Å². The van der Waals surface area contributed by atoms with E-state index >= 15 is 0 Å². The fourth-order valence-electron chi connectivity index (χ4n) is 4.76. The van der Waals surface area contributed by atoms with E-state index in [0.717, 1.165) is 41.9 Å². The molecule has 1 atom stereocenters. The van der Waals surface area contributed by atoms with Crippen LogP contribution in [0.4, 0.5) is 15.8 Å². The quantitative estimate of drug-likeness (QED) is 0.425. The average Bonchev–Trinajstić information content (AvgIpc) is 3.47. The van der Waals surface area contributed by atoms with Gasteiger partial charge in [-0.05, 0) is 50.1 Å². The average molecular weight is 491 g/mol. The molecule has 0 spiro atoms. The van der Waals surface area contributed by atoms with Crippen molar-refractivity contribution in [3.05, 3.63) is 59.9 Å². The monoisotopic (exact) mass is 490 g/mol. The molecule has 0 aliphatic carbocycles. The number of nitrogens with one attached hydrogen (secondary N) is 1. The van der Waals surface area contributed by atoms with Gasteiger partial charge in [-0.3, -0.25) is 4.79 Å². The van der Waals surface area contributed by atoms with Gasteiger partial charge in [0.25, 0.3) is 5.91 Å². The zero-order valence-corrected chi connectivity index (χ0v) is 20.3. The Morgan fingerprint density at radius 1 is 1.25 bits per heavy atom. The van der Waals surface area contributed by atoms with Crippen molar-refractivity contribution in [2.24, 2.45) is 7.05 Å². The van der Waals surface area contributed by atoms with E-state index in [2.05, 4.69) is 20.2 Å². The number of nitrogens with zero attached hydrogens (tertiary/aromatic N) is 5. The van der Waals surface area contributed by atoms with Gasteiger partial charge < -0.3 is 24.6 Å². The molecule has 1 fully saturated rings. The Kier molecular flexibility index (Phi) is 6.27. The second-order valence-corrected chi connectivity index (χ2v) is 8.76. The Morgan fingerprint density at radius 3 is 2.86 bits per heavy atom. The molecule has 3 heterocycles. The number of anilines is 2. The number of aryl methyl sites for hydroxylation is 2. The molecular weight excluding hydrogens is 463 g/mol. The van der Waals surface area contributed by atoms with Crippen molar-refractivity contribution in [1.82, 2.24) is 19.5 Å². The summed E-state index contributed by atoms with van der Waals surface area (Å²) in [5.74, 6) is 0.147. The Morgan fingerprint density at radius 2 is 2.08 bits per heavy atom. The molecule has 0 bridgehead atoms. The van der Waals surface area contributed by atoms with Gasteiger partial charge in [-0.1, -0.05) is 6.07 Å². The molecule has 1 aliphatic rings. The molecule has 1 aliphatic heterocycles. The Hall–Kier alpha value is -4.05. The Labute approximate surface area is 207 Å². The molecule has 2 N–H and O–H groups in total. The molecule has 186 valence electrons. The minimum Gasteiger partial charge on any atom is -0.496 e. The van der Waals surface area contributed by atoms with Crippen molar-refractivity contribution in [2.75, 3.05) is 30.5 Å². The highest BCUT2D eigenvalue weighted by molar-refractivity contribution is 6.08. The molecule has 36 heavy (non-hydrogen) atoms. The maximum absolute atomic E-state index is 14.6. The zero-order valence-electron chi connectivity index (χ0n) is 20.3. The van der Waals surface area contributed by atoms with E-state index < -0.39 is 11.7 Å². The summed E-state index contributed by atoms with van der Waals surface area (Å²) in [6.45, 7) is 2.68. The maximum Gasteiger partial charge on any atom is 0.274 e. The van der Waals surface area contributed by atoms with Crippen molar-refractivity contribution in [3.8, 4) is 17.1 Å². The number of hydrogen-bond donors (Lipinski definition) is 2. The van der Waals surface area contributed by atoms with Crippen LogP contribution in [0.25, 0.3) is 22.4 Å². The number of imidazole rings is 1. The van der Waals surface area contributed by atoms with Crippen LogP contribution in [0.15, 0.2) is 42.6 Å². The second-order valence-electron chi connectivity index (χ2n) is 8.76. The predicted octanol–water partition coefficient (Wildman–Crippen LogP) is 3.70. The first-order valence-corrected chi connectivity index (χ1v) is 11.7. The van der Waals surface area contributed by atoms with Crippen molar-refractivity contribution in [1.29, 1.82) is 0 Å². The van der Waals surface area contributed by atoms with Gasteiger partial charge in [0, 0.05) is 19.8 Å². The second kappa shape index (κ2) is 9.54. The van der Waals surface area contributed by atoms with E-state index in [1.807, 2.05) is 30.7 Å². The molecule has 4 aromatic rings. The van der Waals surface area contributed by atoms with Crippen molar-refractivity contribution in [2.45, 2.75) is 25.8 Å². The fourth-order valence-corrected chi connectivity index (χ4v) is 4.76. The molecular formula is C26H27FN6O3. The molecule has 2 aromatic heterocycles. The summed E-state index contributed by atoms with van der Waals surface area (Å²) >= 11 is 0. The Bertz CT molecular complexity index is 1450. The van der Waals surface area contributed by atoms with Crippen molar-refractivity contribution < 1.29 is 19.0 Å². The highest BCUT2D eigenvalue weighted by Gasteiger charge is 2.29. The number of amides is 1. The summed E-state index contributed by atoms with van der Waals surface area (Å²) < 4.78 is 21.8. The molecule has 0 saturated carbocycles. The van der Waals surface area contributed by atoms with Crippen LogP contribution in [-0.4, -0.2) is 56.8 Å². The van der Waals surface area contributed by atoms with Crippen LogP contribution in [0.3, 0.4) is 0 Å². The largest absolute Gasteiger partial charge is 0.496 e. The number of fused-ring (bicyclic) bond motifs is 1. The summed E-state index contributed by atoms with van der Waals surface area (Å²) in [5, 5.41) is 12.9. The maximum atomic E-state index is 14.6. The zero-order chi connectivity index (χ0) is 25.4. The lowest BCUT2D eigenvalue weighted by atomic mass is 10.1. The number of halogens is 1. The van der Waals surface area contributed by atoms with Crippen molar-refractivity contribution >= 4 is 28.3 Å². The van der Waals surface area contributed by atoms with E-state index in [9.17, 15) is 14.3 Å². The smallest absolute Gasteiger partial charge is 0.274 e. The molecule has 9 nitrogen and oxygen atoms in total. The number of benzene rings is 2. The van der Waals surface area contributed by atoms with Crippen LogP contribution >= 0.6 is 0 Å². The minimum absolute atomic E-state index is 0.00926. The first kappa shape index (κ1) is 23.7. The summed E-state index contributed by atoms with van der Waals surface area (Å²) in [6.07, 6.45) is 3.20. The molecule has 5 rings (SSSR count). The summed E-state index contributed by atoms with van der Waals surface area (Å²) in [4.78, 5) is 28.7. The standard InChI is InChI=1S/C26H27FN6O3/c1-15-29-23-20(32(15)2)10-9-18(24(23)33-13-5-6-16(33)14-34)31-26(35)19-11-12-28-25(30-19)22-17(27)7-4-8-21(22)36-3/h4,7-12,16,34H,5-6,13-14H2,1-3H3,(H,31,35)/t16-/m1/s1. The lowest BCUT2D eigenvalue weighted by Gasteiger charge is -2.28. The van der Waals surface area contributed by atoms with Gasteiger partial charge in [-0.2, -0.15) is 0 Å². The summed E-state index contributed by atoms with van der Waals surface area (Å²) in [6, 6.07) is 9.59. The number of methoxy groups -OCH3 is 1. The van der Waals surface area contributed by atoms with Crippen LogP contribution in [-0.2, 0) is 7.05 Å². The molecule has 1 amide bonds. The fraction of sp³-hybridized carbons (Fsp3) is 0.308. The number of aliphatic hydroxyl groups is 1. The molecule has 0 unspecified atom stereocenters. The molecule has 1 saturated heterocycles. The first-order chi connectivity index (χ1) is 17.4. The number of rotatable bonds is 6. The first-order valence-electron chi connectivity index (χ1n) is 11.7. The van der Waals surface area contributed by atoms with E-state index in [1.165, 1.54) is 31.5 Å². The van der Waals surface area contributed by atoms with Gasteiger partial charge in [0.05, 0.1) is 42.2 Å². The minimum atomic E-state index is -0.547. The van der Waals surface area contributed by atoms with E-state index in [1.54, 1.807) is 6.07 Å². The number of carbonyl (C=O) groups excluding carboxylic acids is 1. The van der Waals surface area contributed by atoms with Gasteiger partial charge in [0.2, 0.25) is 0 Å². The summed E-state index contributed by atoms with van der Waals surface area (Å²) in [5.41, 5.74) is 3.19. The SMILES string of the molecule is COc1cccc(F)c1-c1nccc(C(=O)Nc2ccc3c(nc(C)n3C)c2N2CCC[C@@H]2CO)n1. The lowest BCUT2D eigenvalue weighted by Crippen LogP contribution is -2.33. The third-order valence-electron chi connectivity index (χ3n) is 6.68. The third-order valence-corrected chi connectivity index (χ3v) is 6.68. The summed E-state index contributed by atoms with van der Waals surface area (Å²) in [7, 11) is 3.38. The van der Waals surface area contributed by atoms with Gasteiger partial charge in [-0.25, -0.2) is 19.3 Å². The molecule has 0 radical (unpaired) electrons. The van der Waals surface area contributed by atoms with Crippen LogP contribution in [0.2, 0.25) is 0 Å². The predicted molar refractivity (Wildman–Crippen MR) is 135 cm³/mol. The van der Waals surface area contributed by atoms with Gasteiger partial charge in [0.15, 0.2) is 5.82 Å². The van der Waals surface area contributed by atoms with Crippen LogP contribution in [0.5, 0.6) is 5.75 Å². The number of ether oxygens (including phenoxy) is 1. The van der Waals surface area contributed by atoms with Crippen LogP contribution in [0, 0.1) is 12.7 Å². The highest BCUT2D eigenvalue weighted by atomic mass is 19.1. The van der Waals surface area contributed by atoms with E-state index in [-0.39, 0.29) is 35.5 Å². The van der Waals surface area contributed by atoms with Gasteiger partial charge >= 0.3 is 0 Å². The van der Waals surface area contributed by atoms with E-state index in [0.29, 0.717) is 5.69 Å². The normalized spacial score (nSPS) is 15.5. The Balaban J connectivity index is 1.55. The van der Waals surface area contributed by atoms with Crippen molar-refractivity contribution in [3.63, 3.8) is 0 Å². The highest BCUT2D eigenvalue weighted by Crippen LogP contribution is 2.38.